The summed E-state index contributed by atoms with van der Waals surface area (Å²) in [7, 11) is 0. The highest BCUT2D eigenvalue weighted by molar-refractivity contribution is 5.86. The van der Waals surface area contributed by atoms with Crippen LogP contribution in [-0.2, 0) is 17.8 Å². The van der Waals surface area contributed by atoms with Crippen LogP contribution in [0.2, 0.25) is 0 Å². The fraction of sp³-hybridized carbons (Fsp3) is 0.111. The minimum atomic E-state index is -0.116. The Kier molecular flexibility index (Phi) is 3.96. The van der Waals surface area contributed by atoms with Crippen molar-refractivity contribution in [2.45, 2.75) is 13.0 Å². The van der Waals surface area contributed by atoms with Crippen molar-refractivity contribution >= 4 is 16.9 Å². The lowest BCUT2D eigenvalue weighted by atomic mass is 10.1. The van der Waals surface area contributed by atoms with Gasteiger partial charge in [-0.05, 0) is 29.8 Å². The molecule has 0 radical (unpaired) electrons. The number of nitrogens with zero attached hydrogens (tertiary/aromatic N) is 4. The second kappa shape index (κ2) is 6.56. The van der Waals surface area contributed by atoms with Crippen LogP contribution in [0.25, 0.3) is 16.8 Å². The number of rotatable bonds is 5. The first-order valence-corrected chi connectivity index (χ1v) is 7.84. The number of amides is 1. The van der Waals surface area contributed by atoms with Crippen LogP contribution in [0.5, 0.6) is 0 Å². The highest BCUT2D eigenvalue weighted by atomic mass is 16.5. The summed E-state index contributed by atoms with van der Waals surface area (Å²) in [5.74, 6) is 0.615. The number of aromatic nitrogens is 4. The molecule has 0 aliphatic rings. The predicted molar refractivity (Wildman–Crippen MR) is 90.9 cm³/mol. The van der Waals surface area contributed by atoms with Crippen molar-refractivity contribution in [2.75, 3.05) is 0 Å². The topological polar surface area (TPSA) is 85.8 Å². The Morgan fingerprint density at radius 2 is 2.08 bits per heavy atom. The van der Waals surface area contributed by atoms with Crippen molar-refractivity contribution in [3.05, 3.63) is 72.3 Å². The van der Waals surface area contributed by atoms with Crippen molar-refractivity contribution in [3.63, 3.8) is 0 Å². The molecule has 1 amide bonds. The Labute approximate surface area is 143 Å². The maximum absolute atomic E-state index is 12.2. The Hall–Kier alpha value is -3.48. The van der Waals surface area contributed by atoms with E-state index in [1.165, 1.54) is 0 Å². The maximum atomic E-state index is 12.2. The van der Waals surface area contributed by atoms with Gasteiger partial charge in [0.05, 0.1) is 6.42 Å². The van der Waals surface area contributed by atoms with Crippen LogP contribution in [0, 0.1) is 0 Å². The molecule has 1 N–H and O–H groups in total. The van der Waals surface area contributed by atoms with E-state index in [4.69, 9.17) is 4.52 Å². The van der Waals surface area contributed by atoms with Crippen LogP contribution in [-0.4, -0.2) is 25.8 Å². The lowest BCUT2D eigenvalue weighted by Crippen LogP contribution is -2.24. The van der Waals surface area contributed by atoms with E-state index in [0.717, 1.165) is 16.8 Å². The number of para-hydroxylation sites is 1. The molecule has 7 heteroatoms. The van der Waals surface area contributed by atoms with Gasteiger partial charge in [-0.15, -0.1) is 0 Å². The van der Waals surface area contributed by atoms with Crippen LogP contribution < -0.4 is 5.32 Å². The number of benzene rings is 1. The number of hydrogen-bond donors (Lipinski definition) is 1. The van der Waals surface area contributed by atoms with Gasteiger partial charge in [0.25, 0.3) is 0 Å². The summed E-state index contributed by atoms with van der Waals surface area (Å²) in [6.07, 6.45) is 5.42. The molecule has 4 rings (SSSR count). The first kappa shape index (κ1) is 15.1. The summed E-state index contributed by atoms with van der Waals surface area (Å²) in [6, 6.07) is 13.1. The van der Waals surface area contributed by atoms with E-state index >= 15 is 0 Å². The molecular formula is C18H15N5O2. The third kappa shape index (κ3) is 3.25. The zero-order chi connectivity index (χ0) is 17.1. The summed E-state index contributed by atoms with van der Waals surface area (Å²) in [6.45, 7) is 0.404. The predicted octanol–water partition coefficient (Wildman–Crippen LogP) is 2.27. The van der Waals surface area contributed by atoms with E-state index in [-0.39, 0.29) is 12.3 Å². The van der Waals surface area contributed by atoms with Gasteiger partial charge in [0.1, 0.15) is 5.69 Å². The fourth-order valence-corrected chi connectivity index (χ4v) is 2.54. The second-order valence-electron chi connectivity index (χ2n) is 5.55. The Morgan fingerprint density at radius 3 is 2.88 bits per heavy atom. The number of carbonyl (C=O) groups excluding carboxylic acids is 1. The van der Waals surface area contributed by atoms with Crippen molar-refractivity contribution in [3.8, 4) is 5.82 Å². The standard InChI is InChI=1S/C18H15N5O2/c24-18(10-15-14-4-1-2-5-16(14)25-22-15)20-12-13-6-7-17(19-11-13)23-9-3-8-21-23/h1-9,11H,10,12H2,(H,20,24). The van der Waals surface area contributed by atoms with Crippen LogP contribution in [0.15, 0.2) is 65.6 Å². The van der Waals surface area contributed by atoms with Crippen molar-refractivity contribution in [1.29, 1.82) is 0 Å². The Bertz CT molecular complexity index is 990. The zero-order valence-electron chi connectivity index (χ0n) is 13.3. The molecule has 124 valence electrons. The van der Waals surface area contributed by atoms with E-state index < -0.39 is 0 Å². The molecule has 0 unspecified atom stereocenters. The highest BCUT2D eigenvalue weighted by Gasteiger charge is 2.11. The number of carbonyl (C=O) groups is 1. The first-order valence-electron chi connectivity index (χ1n) is 7.84. The van der Waals surface area contributed by atoms with E-state index in [1.54, 1.807) is 17.1 Å². The maximum Gasteiger partial charge on any atom is 0.226 e. The van der Waals surface area contributed by atoms with Crippen molar-refractivity contribution < 1.29 is 9.32 Å². The van der Waals surface area contributed by atoms with Gasteiger partial charge in [0.2, 0.25) is 5.91 Å². The molecular weight excluding hydrogens is 318 g/mol. The third-order valence-electron chi connectivity index (χ3n) is 3.82. The summed E-state index contributed by atoms with van der Waals surface area (Å²) in [5, 5.41) is 11.8. The normalized spacial score (nSPS) is 10.9. The molecule has 0 fully saturated rings. The molecule has 7 nitrogen and oxygen atoms in total. The Morgan fingerprint density at radius 1 is 1.16 bits per heavy atom. The smallest absolute Gasteiger partial charge is 0.226 e. The largest absolute Gasteiger partial charge is 0.356 e. The molecule has 0 atom stereocenters. The average Bonchev–Trinajstić information content (AvgIpc) is 3.31. The fourth-order valence-electron chi connectivity index (χ4n) is 2.54. The number of pyridine rings is 1. The first-order chi connectivity index (χ1) is 12.3. The summed E-state index contributed by atoms with van der Waals surface area (Å²) in [5.41, 5.74) is 2.23. The highest BCUT2D eigenvalue weighted by Crippen LogP contribution is 2.18. The molecule has 3 aromatic heterocycles. The molecule has 0 bridgehead atoms. The Balaban J connectivity index is 1.37. The monoisotopic (exact) mass is 333 g/mol. The molecule has 25 heavy (non-hydrogen) atoms. The zero-order valence-corrected chi connectivity index (χ0v) is 13.3. The van der Waals surface area contributed by atoms with E-state index in [1.807, 2.05) is 48.7 Å². The minimum absolute atomic E-state index is 0.116. The van der Waals surface area contributed by atoms with Gasteiger partial charge >= 0.3 is 0 Å². The van der Waals surface area contributed by atoms with Crippen LogP contribution in [0.3, 0.4) is 0 Å². The van der Waals surface area contributed by atoms with Crippen molar-refractivity contribution in [2.24, 2.45) is 0 Å². The number of fused-ring (bicyclic) bond motifs is 1. The summed E-state index contributed by atoms with van der Waals surface area (Å²) < 4.78 is 6.89. The second-order valence-corrected chi connectivity index (χ2v) is 5.55. The van der Waals surface area contributed by atoms with Crippen LogP contribution in [0.4, 0.5) is 0 Å². The van der Waals surface area contributed by atoms with E-state index in [2.05, 4.69) is 20.6 Å². The molecule has 0 aliphatic carbocycles. The van der Waals surface area contributed by atoms with E-state index in [0.29, 0.717) is 17.8 Å². The minimum Gasteiger partial charge on any atom is -0.356 e. The molecule has 3 heterocycles. The van der Waals surface area contributed by atoms with Crippen molar-refractivity contribution in [1.82, 2.24) is 25.2 Å². The van der Waals surface area contributed by atoms with Gasteiger partial charge in [-0.2, -0.15) is 5.10 Å². The SMILES string of the molecule is O=C(Cc1noc2ccccc12)NCc1ccc(-n2cccn2)nc1. The number of hydrogen-bond acceptors (Lipinski definition) is 5. The molecule has 4 aromatic rings. The molecule has 0 saturated carbocycles. The van der Waals surface area contributed by atoms with Gasteiger partial charge in [0, 0.05) is 30.5 Å². The molecule has 1 aromatic carbocycles. The molecule has 0 aliphatic heterocycles. The van der Waals surface area contributed by atoms with Gasteiger partial charge in [0.15, 0.2) is 11.4 Å². The van der Waals surface area contributed by atoms with Crippen LogP contribution in [0.1, 0.15) is 11.3 Å². The van der Waals surface area contributed by atoms with Gasteiger partial charge in [-0.1, -0.05) is 23.4 Å². The number of nitrogens with one attached hydrogen (secondary N) is 1. The summed E-state index contributed by atoms with van der Waals surface area (Å²) in [4.78, 5) is 16.5. The molecule has 0 saturated heterocycles. The van der Waals surface area contributed by atoms with Gasteiger partial charge in [-0.3, -0.25) is 4.79 Å². The van der Waals surface area contributed by atoms with Gasteiger partial charge in [-0.25, -0.2) is 9.67 Å². The quantitative estimate of drug-likeness (QED) is 0.605. The lowest BCUT2D eigenvalue weighted by molar-refractivity contribution is -0.120. The lowest BCUT2D eigenvalue weighted by Gasteiger charge is -2.05. The molecule has 0 spiro atoms. The van der Waals surface area contributed by atoms with Crippen LogP contribution >= 0.6 is 0 Å². The van der Waals surface area contributed by atoms with Gasteiger partial charge < -0.3 is 9.84 Å². The average molecular weight is 333 g/mol. The van der Waals surface area contributed by atoms with E-state index in [9.17, 15) is 4.79 Å². The summed E-state index contributed by atoms with van der Waals surface area (Å²) >= 11 is 0. The third-order valence-corrected chi connectivity index (χ3v) is 3.82.